The topological polar surface area (TPSA) is 80.2 Å². The third kappa shape index (κ3) is 6.69. The molecule has 0 radical (unpaired) electrons. The van der Waals surface area contributed by atoms with Crippen LogP contribution >= 0.6 is 22.6 Å². The average molecular weight is 427 g/mol. The molecule has 23 heavy (non-hydrogen) atoms. The summed E-state index contributed by atoms with van der Waals surface area (Å²) < 4.78 is 8.16. The van der Waals surface area contributed by atoms with Gasteiger partial charge in [-0.25, -0.2) is 0 Å². The predicted octanol–water partition coefficient (Wildman–Crippen LogP) is 4.02. The third-order valence-electron chi connectivity index (χ3n) is 3.04. The first-order valence-electron chi connectivity index (χ1n) is 6.83. The van der Waals surface area contributed by atoms with E-state index in [4.69, 9.17) is 9.94 Å². The minimum Gasteiger partial charge on any atom is -0.595 e. The zero-order valence-electron chi connectivity index (χ0n) is 13.2. The highest BCUT2D eigenvalue weighted by atomic mass is 127. The summed E-state index contributed by atoms with van der Waals surface area (Å²) in [5.41, 5.74) is 2.01. The van der Waals surface area contributed by atoms with Crippen LogP contribution in [0.15, 0.2) is 40.7 Å². The summed E-state index contributed by atoms with van der Waals surface area (Å²) in [6, 6.07) is 6.86. The molecule has 1 rings (SSSR count). The molecule has 0 aliphatic heterocycles. The molecule has 1 aromatic carbocycles. The second kappa shape index (κ2) is 9.84. The van der Waals surface area contributed by atoms with Gasteiger partial charge >= 0.3 is 0 Å². The second-order valence-electron chi connectivity index (χ2n) is 4.73. The molecule has 1 N–H and O–H groups in total. The first kappa shape index (κ1) is 19.0. The van der Waals surface area contributed by atoms with E-state index in [1.807, 2.05) is 53.8 Å². The molecular weight excluding hydrogens is 409 g/mol. The Kier molecular flexibility index (Phi) is 8.11. The number of hydrogen-bond donors (Lipinski definition) is 1. The first-order valence-corrected chi connectivity index (χ1v) is 7.91. The zero-order valence-corrected chi connectivity index (χ0v) is 15.3. The van der Waals surface area contributed by atoms with Gasteiger partial charge in [-0.3, -0.25) is 0 Å². The summed E-state index contributed by atoms with van der Waals surface area (Å²) >= 11 is 1.96. The van der Waals surface area contributed by atoms with E-state index in [-0.39, 0.29) is 0 Å². The maximum atomic E-state index is 11.8. The normalized spacial score (nSPS) is 14.0. The molecule has 0 saturated heterocycles. The van der Waals surface area contributed by atoms with E-state index in [9.17, 15) is 5.21 Å². The lowest BCUT2D eigenvalue weighted by molar-refractivity contribution is -0.459. The molecule has 0 aliphatic rings. The predicted molar refractivity (Wildman–Crippen MR) is 97.8 cm³/mol. The third-order valence-corrected chi connectivity index (χ3v) is 3.42. The van der Waals surface area contributed by atoms with Crippen LogP contribution < -0.4 is 4.74 Å². The zero-order chi connectivity index (χ0) is 17.2. The first-order chi connectivity index (χ1) is 11.0. The van der Waals surface area contributed by atoms with Crippen LogP contribution in [0.4, 0.5) is 0 Å². The highest BCUT2D eigenvalue weighted by molar-refractivity contribution is 14.1. The van der Waals surface area contributed by atoms with Crippen LogP contribution in [0.5, 0.6) is 5.75 Å². The molecule has 0 heterocycles. The molecule has 1 unspecified atom stereocenters. The molecular formula is C16H18IN3O3. The average Bonchev–Trinajstić information content (AvgIpc) is 2.54. The van der Waals surface area contributed by atoms with E-state index in [0.29, 0.717) is 22.9 Å². The van der Waals surface area contributed by atoms with Gasteiger partial charge in [-0.2, -0.15) is 0 Å². The number of rotatable bonds is 6. The number of ether oxygens (including phenoxy) is 1. The summed E-state index contributed by atoms with van der Waals surface area (Å²) in [4.78, 5) is 0.481. The Hall–Kier alpha value is -2.08. The van der Waals surface area contributed by atoms with Gasteiger partial charge in [-0.1, -0.05) is 28.1 Å². The van der Waals surface area contributed by atoms with Gasteiger partial charge in [0.05, 0.1) is 5.71 Å². The molecule has 122 valence electrons. The van der Waals surface area contributed by atoms with Crippen molar-refractivity contribution in [1.29, 1.82) is 0 Å². The molecule has 0 fully saturated rings. The fraction of sp³-hybridized carbons (Fsp3) is 0.312. The van der Waals surface area contributed by atoms with Crippen molar-refractivity contribution >= 4 is 33.9 Å². The molecule has 0 aliphatic carbocycles. The van der Waals surface area contributed by atoms with Gasteiger partial charge in [0.25, 0.3) is 0 Å². The van der Waals surface area contributed by atoms with Crippen molar-refractivity contribution in [1.82, 2.24) is 0 Å². The van der Waals surface area contributed by atoms with Crippen molar-refractivity contribution in [3.63, 3.8) is 0 Å². The van der Waals surface area contributed by atoms with Crippen LogP contribution in [0.3, 0.4) is 0 Å². The molecule has 1 aromatic rings. The van der Waals surface area contributed by atoms with Crippen LogP contribution in [0, 0.1) is 15.1 Å². The van der Waals surface area contributed by atoms with Gasteiger partial charge in [0.1, 0.15) is 12.4 Å². The Labute approximate surface area is 149 Å². The minimum atomic E-state index is -0.490. The summed E-state index contributed by atoms with van der Waals surface area (Å²) in [5, 5.41) is 27.3. The fourth-order valence-corrected chi connectivity index (χ4v) is 1.73. The van der Waals surface area contributed by atoms with Crippen molar-refractivity contribution in [2.45, 2.75) is 26.8 Å². The van der Waals surface area contributed by atoms with E-state index in [1.165, 1.54) is 6.20 Å². The Bertz CT molecular complexity index is 670. The van der Waals surface area contributed by atoms with Crippen molar-refractivity contribution in [3.05, 3.63) is 41.2 Å². The SMILES string of the molecule is C/C(=C\[N+]([O-])=NC(C)/C(C)=N/O)c1ccc(OCC#CI)cc1. The van der Waals surface area contributed by atoms with Crippen molar-refractivity contribution in [3.8, 4) is 15.6 Å². The van der Waals surface area contributed by atoms with E-state index in [0.717, 1.165) is 11.1 Å². The van der Waals surface area contributed by atoms with Crippen LogP contribution in [-0.4, -0.2) is 28.4 Å². The molecule has 0 amide bonds. The second-order valence-corrected chi connectivity index (χ2v) is 5.27. The Morgan fingerprint density at radius 1 is 1.43 bits per heavy atom. The summed E-state index contributed by atoms with van der Waals surface area (Å²) in [6.07, 6.45) is 1.37. The van der Waals surface area contributed by atoms with Crippen molar-refractivity contribution in [2.24, 2.45) is 10.3 Å². The van der Waals surface area contributed by atoms with Gasteiger partial charge < -0.3 is 15.2 Å². The van der Waals surface area contributed by atoms with E-state index in [2.05, 4.69) is 20.1 Å². The van der Waals surface area contributed by atoms with Gasteiger partial charge in [-0.05, 0) is 47.5 Å². The lowest BCUT2D eigenvalue weighted by Crippen LogP contribution is -2.13. The van der Waals surface area contributed by atoms with Crippen LogP contribution in [0.25, 0.3) is 5.57 Å². The van der Waals surface area contributed by atoms with Gasteiger partial charge in [0, 0.05) is 28.2 Å². The van der Waals surface area contributed by atoms with E-state index < -0.39 is 6.04 Å². The van der Waals surface area contributed by atoms with Crippen LogP contribution in [-0.2, 0) is 0 Å². The number of azo groups is 1. The van der Waals surface area contributed by atoms with E-state index in [1.54, 1.807) is 13.8 Å². The maximum absolute atomic E-state index is 11.8. The Morgan fingerprint density at radius 2 is 2.09 bits per heavy atom. The quantitative estimate of drug-likeness (QED) is 0.142. The highest BCUT2D eigenvalue weighted by Gasteiger charge is 2.09. The molecule has 6 nitrogen and oxygen atoms in total. The molecule has 7 heteroatoms. The van der Waals surface area contributed by atoms with Crippen molar-refractivity contribution < 1.29 is 14.8 Å². The largest absolute Gasteiger partial charge is 0.595 e. The van der Waals surface area contributed by atoms with Crippen LogP contribution in [0.2, 0.25) is 0 Å². The Balaban J connectivity index is 2.81. The molecule has 1 atom stereocenters. The van der Waals surface area contributed by atoms with E-state index >= 15 is 0 Å². The Morgan fingerprint density at radius 3 is 2.65 bits per heavy atom. The van der Waals surface area contributed by atoms with Gasteiger partial charge in [-0.15, -0.1) is 0 Å². The summed E-state index contributed by atoms with van der Waals surface area (Å²) in [5.74, 6) is 3.52. The molecule has 0 bridgehead atoms. The smallest absolute Gasteiger partial charge is 0.212 e. The highest BCUT2D eigenvalue weighted by Crippen LogP contribution is 2.18. The van der Waals surface area contributed by atoms with Crippen LogP contribution in [0.1, 0.15) is 26.3 Å². The lowest BCUT2D eigenvalue weighted by Gasteiger charge is -2.05. The number of hydrogen-bond acceptors (Lipinski definition) is 5. The monoisotopic (exact) mass is 427 g/mol. The maximum Gasteiger partial charge on any atom is 0.212 e. The minimum absolute atomic E-state index is 0.341. The number of oxime groups is 1. The summed E-state index contributed by atoms with van der Waals surface area (Å²) in [7, 11) is 0. The number of benzene rings is 1. The fourth-order valence-electron chi connectivity index (χ4n) is 1.57. The lowest BCUT2D eigenvalue weighted by atomic mass is 10.1. The molecule has 0 aromatic heterocycles. The number of nitrogens with zero attached hydrogens (tertiary/aromatic N) is 3. The molecule has 0 spiro atoms. The van der Waals surface area contributed by atoms with Crippen molar-refractivity contribution in [2.75, 3.05) is 6.61 Å². The number of hydroxylamine groups is 1. The molecule has 0 saturated carbocycles. The standard InChI is InChI=1S/C16H18IN3O3/c1-12(11-20(22)18-13(2)14(3)19-21)15-5-7-16(8-6-15)23-10-4-9-17/h5-8,11,13,21H,10H2,1-3H3/b12-11+,19-14+,20-18?. The van der Waals surface area contributed by atoms with Gasteiger partial charge in [0.2, 0.25) is 6.20 Å². The summed E-state index contributed by atoms with van der Waals surface area (Å²) in [6.45, 7) is 5.43. The number of allylic oxidation sites excluding steroid dienone is 1. The van der Waals surface area contributed by atoms with Gasteiger partial charge in [0.15, 0.2) is 6.04 Å². The number of halogens is 1.